The molecule has 0 spiro atoms. The van der Waals surface area contributed by atoms with Gasteiger partial charge in [-0.15, -0.1) is 0 Å². The van der Waals surface area contributed by atoms with Crippen LogP contribution in [0.1, 0.15) is 50.8 Å². The highest BCUT2D eigenvalue weighted by molar-refractivity contribution is 6.56. The fourth-order valence-corrected chi connectivity index (χ4v) is 2.25. The zero-order valence-corrected chi connectivity index (χ0v) is 15.5. The molecule has 0 aromatic carbocycles. The van der Waals surface area contributed by atoms with Crippen LogP contribution in [0.5, 0.6) is 0 Å². The molecule has 1 aromatic rings. The van der Waals surface area contributed by atoms with Gasteiger partial charge < -0.3 is 25.5 Å². The molecule has 4 N–H and O–H groups in total. The minimum Gasteiger partial charge on any atom is -0.476 e. The van der Waals surface area contributed by atoms with E-state index in [2.05, 4.69) is 15.3 Å². The summed E-state index contributed by atoms with van der Waals surface area (Å²) in [5, 5.41) is 11.8. The summed E-state index contributed by atoms with van der Waals surface area (Å²) in [4.78, 5) is 30.4. The van der Waals surface area contributed by atoms with Gasteiger partial charge in [0.15, 0.2) is 11.5 Å². The van der Waals surface area contributed by atoms with Crippen molar-refractivity contribution in [3.05, 3.63) is 23.1 Å². The number of nitrogen functional groups attached to an aromatic ring is 1. The number of hydrogen-bond donors (Lipinski definition) is 3. The topological polar surface area (TPSA) is 137 Å². The molecule has 1 aliphatic rings. The smallest absolute Gasteiger partial charge is 0.476 e. The molecule has 1 saturated heterocycles. The lowest BCUT2D eigenvalue weighted by atomic mass is 9.77. The first-order valence-corrected chi connectivity index (χ1v) is 8.09. The number of carboxylic acid groups (broad SMARTS) is 1. The molecule has 26 heavy (non-hydrogen) atoms. The van der Waals surface area contributed by atoms with Crippen LogP contribution >= 0.6 is 0 Å². The van der Waals surface area contributed by atoms with E-state index in [-0.39, 0.29) is 29.7 Å². The largest absolute Gasteiger partial charge is 0.492 e. The molecule has 0 saturated carbocycles. The van der Waals surface area contributed by atoms with Crippen molar-refractivity contribution in [2.45, 2.75) is 45.8 Å². The molecule has 9 nitrogen and oxygen atoms in total. The Kier molecular flexibility index (Phi) is 5.38. The van der Waals surface area contributed by atoms with Crippen molar-refractivity contribution in [1.29, 1.82) is 0 Å². The number of nitrogens with two attached hydrogens (primary N) is 1. The summed E-state index contributed by atoms with van der Waals surface area (Å²) in [7, 11) is -0.723. The Labute approximate surface area is 152 Å². The van der Waals surface area contributed by atoms with E-state index in [1.807, 2.05) is 27.7 Å². The van der Waals surface area contributed by atoms with Crippen molar-refractivity contribution in [2.24, 2.45) is 0 Å². The van der Waals surface area contributed by atoms with Gasteiger partial charge in [-0.1, -0.05) is 0 Å². The molecule has 1 aliphatic heterocycles. The van der Waals surface area contributed by atoms with Crippen LogP contribution in [0.4, 0.5) is 5.82 Å². The second-order valence-corrected chi connectivity index (χ2v) is 7.05. The van der Waals surface area contributed by atoms with Crippen molar-refractivity contribution < 1.29 is 24.0 Å². The van der Waals surface area contributed by atoms with Crippen molar-refractivity contribution in [3.8, 4) is 0 Å². The number of hydrogen-bond acceptors (Lipinski definition) is 7. The number of rotatable bonds is 5. The molecular formula is C16H23BN4O5. The minimum atomic E-state index is -1.27. The quantitative estimate of drug-likeness (QED) is 0.658. The average molecular weight is 362 g/mol. The number of aromatic carboxylic acids is 1. The molecule has 1 aromatic heterocycles. The summed E-state index contributed by atoms with van der Waals surface area (Å²) in [6, 6.07) is 0. The summed E-state index contributed by atoms with van der Waals surface area (Å²) in [6.07, 6.45) is 2.93. The van der Waals surface area contributed by atoms with Crippen LogP contribution in [-0.2, 0) is 14.1 Å². The Hall–Kier alpha value is -2.46. The summed E-state index contributed by atoms with van der Waals surface area (Å²) >= 11 is 0. The molecule has 0 atom stereocenters. The maximum Gasteiger partial charge on any atom is 0.492 e. The highest BCUT2D eigenvalue weighted by Gasteiger charge is 2.52. The Morgan fingerprint density at radius 3 is 2.38 bits per heavy atom. The number of carbonyl (C=O) groups is 2. The molecule has 10 heteroatoms. The van der Waals surface area contributed by atoms with Gasteiger partial charge in [0.2, 0.25) is 5.91 Å². The monoisotopic (exact) mass is 362 g/mol. The zero-order chi connectivity index (χ0) is 19.7. The van der Waals surface area contributed by atoms with Gasteiger partial charge in [-0.2, -0.15) is 0 Å². The number of aromatic nitrogens is 2. The van der Waals surface area contributed by atoms with Crippen LogP contribution in [0.25, 0.3) is 6.08 Å². The standard InChI is InChI=1S/C16H23BN4O5/c1-9(22)19-7-10(17-25-15(2,3)16(4,5)26-17)6-11-8-20-13(18)12(21-11)14(23)24/h6,8H,7H2,1-5H3,(H2,18,20)(H,19,22)(H,23,24). The van der Waals surface area contributed by atoms with E-state index in [1.54, 1.807) is 6.08 Å². The lowest BCUT2D eigenvalue weighted by molar-refractivity contribution is -0.118. The summed E-state index contributed by atoms with van der Waals surface area (Å²) < 4.78 is 12.0. The van der Waals surface area contributed by atoms with Crippen LogP contribution in [0.3, 0.4) is 0 Å². The van der Waals surface area contributed by atoms with Crippen molar-refractivity contribution in [1.82, 2.24) is 15.3 Å². The van der Waals surface area contributed by atoms with Crippen molar-refractivity contribution >= 4 is 30.9 Å². The van der Waals surface area contributed by atoms with E-state index in [4.69, 9.17) is 20.1 Å². The van der Waals surface area contributed by atoms with Crippen LogP contribution in [0, 0.1) is 0 Å². The maximum atomic E-state index is 11.3. The lowest BCUT2D eigenvalue weighted by Gasteiger charge is -2.32. The van der Waals surface area contributed by atoms with Gasteiger partial charge in [0.05, 0.1) is 23.1 Å². The molecule has 140 valence electrons. The Balaban J connectivity index is 2.39. The first-order valence-electron chi connectivity index (χ1n) is 8.09. The third-order valence-electron chi connectivity index (χ3n) is 4.45. The van der Waals surface area contributed by atoms with Gasteiger partial charge >= 0.3 is 13.1 Å². The minimum absolute atomic E-state index is 0.153. The third kappa shape index (κ3) is 4.20. The van der Waals surface area contributed by atoms with Gasteiger partial charge in [-0.05, 0) is 39.2 Å². The molecular weight excluding hydrogens is 339 g/mol. The fourth-order valence-electron chi connectivity index (χ4n) is 2.25. The SMILES string of the molecule is CC(=O)NCC(=Cc1cnc(N)c(C(=O)O)n1)B1OC(C)(C)C(C)(C)O1. The molecule has 2 rings (SSSR count). The second kappa shape index (κ2) is 7.04. The van der Waals surface area contributed by atoms with Crippen molar-refractivity contribution in [3.63, 3.8) is 0 Å². The Bertz CT molecular complexity index is 747. The number of nitrogens with zero attached hydrogens (tertiary/aromatic N) is 2. The normalized spacial score (nSPS) is 18.7. The van der Waals surface area contributed by atoms with E-state index in [1.165, 1.54) is 13.1 Å². The van der Waals surface area contributed by atoms with Gasteiger partial charge in [-0.3, -0.25) is 4.79 Å². The van der Waals surface area contributed by atoms with Crippen LogP contribution in [0.2, 0.25) is 0 Å². The Morgan fingerprint density at radius 2 is 1.88 bits per heavy atom. The second-order valence-electron chi connectivity index (χ2n) is 7.05. The first-order chi connectivity index (χ1) is 11.9. The predicted octanol–water partition coefficient (Wildman–Crippen LogP) is 0.908. The highest BCUT2D eigenvalue weighted by Crippen LogP contribution is 2.38. The average Bonchev–Trinajstić information content (AvgIpc) is 2.72. The zero-order valence-electron chi connectivity index (χ0n) is 15.5. The predicted molar refractivity (Wildman–Crippen MR) is 96.1 cm³/mol. The summed E-state index contributed by atoms with van der Waals surface area (Å²) in [5.41, 5.74) is 4.91. The van der Waals surface area contributed by atoms with Crippen LogP contribution in [0.15, 0.2) is 11.7 Å². The van der Waals surface area contributed by atoms with Crippen LogP contribution in [-0.4, -0.2) is 51.8 Å². The molecule has 1 amide bonds. The highest BCUT2D eigenvalue weighted by atomic mass is 16.7. The number of carboxylic acids is 1. The third-order valence-corrected chi connectivity index (χ3v) is 4.45. The lowest BCUT2D eigenvalue weighted by Crippen LogP contribution is -2.41. The number of nitrogens with one attached hydrogen (secondary N) is 1. The summed E-state index contributed by atoms with van der Waals surface area (Å²) in [5.74, 6) is -1.67. The molecule has 0 bridgehead atoms. The number of carbonyl (C=O) groups excluding carboxylic acids is 1. The fraction of sp³-hybridized carbons (Fsp3) is 0.500. The maximum absolute atomic E-state index is 11.3. The van der Waals surface area contributed by atoms with E-state index < -0.39 is 24.3 Å². The Morgan fingerprint density at radius 1 is 1.31 bits per heavy atom. The van der Waals surface area contributed by atoms with E-state index in [0.717, 1.165) is 0 Å². The van der Waals surface area contributed by atoms with E-state index in [0.29, 0.717) is 5.47 Å². The number of anilines is 1. The van der Waals surface area contributed by atoms with Gasteiger partial charge in [0.1, 0.15) is 0 Å². The molecule has 0 aliphatic carbocycles. The molecule has 2 heterocycles. The van der Waals surface area contributed by atoms with E-state index >= 15 is 0 Å². The van der Waals surface area contributed by atoms with Crippen LogP contribution < -0.4 is 11.1 Å². The van der Waals surface area contributed by atoms with Gasteiger partial charge in [-0.25, -0.2) is 14.8 Å². The van der Waals surface area contributed by atoms with E-state index in [9.17, 15) is 9.59 Å². The van der Waals surface area contributed by atoms with Gasteiger partial charge in [0, 0.05) is 13.5 Å². The van der Waals surface area contributed by atoms with Gasteiger partial charge in [0.25, 0.3) is 0 Å². The van der Waals surface area contributed by atoms with Crippen molar-refractivity contribution in [2.75, 3.05) is 12.3 Å². The summed E-state index contributed by atoms with van der Waals surface area (Å²) in [6.45, 7) is 9.19. The first kappa shape index (κ1) is 19.9. The molecule has 1 fully saturated rings. The molecule has 0 radical (unpaired) electrons. The molecule has 0 unspecified atom stereocenters. The number of amides is 1.